The third-order valence-corrected chi connectivity index (χ3v) is 3.45. The van der Waals surface area contributed by atoms with Gasteiger partial charge in [-0.25, -0.2) is 13.8 Å². The molecule has 0 amide bonds. The van der Waals surface area contributed by atoms with Crippen molar-refractivity contribution < 1.29 is 13.5 Å². The van der Waals surface area contributed by atoms with Crippen molar-refractivity contribution >= 4 is 15.9 Å². The summed E-state index contributed by atoms with van der Waals surface area (Å²) in [6, 6.07) is 3.27. The summed E-state index contributed by atoms with van der Waals surface area (Å²) in [5, 5.41) is 0. The number of hydrogen-bond donors (Lipinski definition) is 1. The second-order valence-corrected chi connectivity index (χ2v) is 4.91. The maximum Gasteiger partial charge on any atom is 0.265 e. The Kier molecular flexibility index (Phi) is 4.61. The second-order valence-electron chi connectivity index (χ2n) is 4.12. The van der Waals surface area contributed by atoms with E-state index in [2.05, 4.69) is 25.9 Å². The average Bonchev–Trinajstić information content (AvgIpc) is 2.39. The molecule has 2 rings (SSSR count). The van der Waals surface area contributed by atoms with Crippen LogP contribution < -0.4 is 5.56 Å². The Morgan fingerprint density at radius 1 is 1.40 bits per heavy atom. The molecule has 1 N–H and O–H groups in total. The number of benzene rings is 1. The molecule has 4 nitrogen and oxygen atoms in total. The molecule has 1 aromatic heterocycles. The van der Waals surface area contributed by atoms with Gasteiger partial charge in [-0.2, -0.15) is 0 Å². The average molecular weight is 345 g/mol. The van der Waals surface area contributed by atoms with E-state index < -0.39 is 11.6 Å². The van der Waals surface area contributed by atoms with Crippen LogP contribution in [0.4, 0.5) is 8.78 Å². The Hall–Kier alpha value is -1.60. The van der Waals surface area contributed by atoms with E-state index in [1.165, 1.54) is 13.2 Å². The topological polar surface area (TPSA) is 55.0 Å². The van der Waals surface area contributed by atoms with Crippen molar-refractivity contribution in [2.45, 2.75) is 13.0 Å². The van der Waals surface area contributed by atoms with Gasteiger partial charge in [-0.15, -0.1) is 0 Å². The minimum atomic E-state index is -0.677. The van der Waals surface area contributed by atoms with Crippen molar-refractivity contribution in [1.82, 2.24) is 9.97 Å². The first-order valence-corrected chi connectivity index (χ1v) is 6.51. The van der Waals surface area contributed by atoms with E-state index in [0.29, 0.717) is 5.69 Å². The molecular weight excluding hydrogens is 334 g/mol. The lowest BCUT2D eigenvalue weighted by Gasteiger charge is -2.07. The summed E-state index contributed by atoms with van der Waals surface area (Å²) < 4.78 is 31.6. The van der Waals surface area contributed by atoms with Crippen LogP contribution in [0.2, 0.25) is 0 Å². The fourth-order valence-electron chi connectivity index (χ4n) is 1.72. The van der Waals surface area contributed by atoms with E-state index in [1.54, 1.807) is 0 Å². The Morgan fingerprint density at radius 3 is 2.80 bits per heavy atom. The fourth-order valence-corrected chi connectivity index (χ4v) is 2.02. The van der Waals surface area contributed by atoms with Gasteiger partial charge in [0.2, 0.25) is 0 Å². The summed E-state index contributed by atoms with van der Waals surface area (Å²) in [7, 11) is 1.48. The molecule has 0 spiro atoms. The molecule has 0 saturated carbocycles. The van der Waals surface area contributed by atoms with Crippen LogP contribution in [0.25, 0.3) is 0 Å². The quantitative estimate of drug-likeness (QED) is 0.927. The molecule has 0 atom stereocenters. The largest absolute Gasteiger partial charge is 0.378 e. The summed E-state index contributed by atoms with van der Waals surface area (Å²) in [4.78, 5) is 18.4. The van der Waals surface area contributed by atoms with E-state index in [-0.39, 0.29) is 34.4 Å². The van der Waals surface area contributed by atoms with Crippen LogP contribution in [0.5, 0.6) is 0 Å². The SMILES string of the molecule is COCc1nc(Cc2ccc(F)cc2F)[nH]c(=O)c1Br. The molecule has 0 radical (unpaired) electrons. The first-order chi connectivity index (χ1) is 9.51. The molecule has 0 saturated heterocycles. The lowest BCUT2D eigenvalue weighted by molar-refractivity contribution is 0.180. The molecule has 0 aliphatic carbocycles. The van der Waals surface area contributed by atoms with E-state index in [0.717, 1.165) is 12.1 Å². The number of halogens is 3. The molecule has 20 heavy (non-hydrogen) atoms. The van der Waals surface area contributed by atoms with Crippen molar-refractivity contribution in [3.63, 3.8) is 0 Å². The minimum absolute atomic E-state index is 0.0609. The first-order valence-electron chi connectivity index (χ1n) is 5.71. The van der Waals surface area contributed by atoms with Gasteiger partial charge in [0.25, 0.3) is 5.56 Å². The lowest BCUT2D eigenvalue weighted by atomic mass is 10.1. The number of nitrogens with one attached hydrogen (secondary N) is 1. The van der Waals surface area contributed by atoms with E-state index >= 15 is 0 Å². The van der Waals surface area contributed by atoms with Crippen molar-refractivity contribution in [1.29, 1.82) is 0 Å². The summed E-state index contributed by atoms with van der Waals surface area (Å²) in [5.74, 6) is -1.04. The van der Waals surface area contributed by atoms with Crippen LogP contribution in [-0.4, -0.2) is 17.1 Å². The highest BCUT2D eigenvalue weighted by molar-refractivity contribution is 9.10. The first kappa shape index (κ1) is 14.8. The summed E-state index contributed by atoms with van der Waals surface area (Å²) in [6.45, 7) is 0.156. The van der Waals surface area contributed by atoms with E-state index in [9.17, 15) is 13.6 Å². The number of ether oxygens (including phenoxy) is 1. The standard InChI is InChI=1S/C13H11BrF2N2O2/c1-20-6-10-12(14)13(19)18-11(17-10)4-7-2-3-8(15)5-9(7)16/h2-3,5H,4,6H2,1H3,(H,17,18,19). The predicted octanol–water partition coefficient (Wildman–Crippen LogP) is 2.55. The number of methoxy groups -OCH3 is 1. The number of aromatic nitrogens is 2. The summed E-state index contributed by atoms with van der Waals surface area (Å²) >= 11 is 3.11. The van der Waals surface area contributed by atoms with Gasteiger partial charge in [-0.05, 0) is 27.6 Å². The molecule has 7 heteroatoms. The zero-order valence-electron chi connectivity index (χ0n) is 10.5. The van der Waals surface area contributed by atoms with Crippen LogP contribution in [0.1, 0.15) is 17.1 Å². The summed E-state index contributed by atoms with van der Waals surface area (Å²) in [5.41, 5.74) is 0.304. The van der Waals surface area contributed by atoms with Gasteiger partial charge in [0.05, 0.1) is 12.3 Å². The van der Waals surface area contributed by atoms with Crippen molar-refractivity contribution in [3.8, 4) is 0 Å². The molecule has 0 aliphatic rings. The zero-order chi connectivity index (χ0) is 14.7. The van der Waals surface area contributed by atoms with Gasteiger partial charge in [0, 0.05) is 19.6 Å². The second kappa shape index (κ2) is 6.23. The molecule has 0 aliphatic heterocycles. The van der Waals surface area contributed by atoms with E-state index in [4.69, 9.17) is 4.74 Å². The number of nitrogens with zero attached hydrogens (tertiary/aromatic N) is 1. The molecule has 0 unspecified atom stereocenters. The number of hydrogen-bond acceptors (Lipinski definition) is 3. The molecule has 2 aromatic rings. The van der Waals surface area contributed by atoms with Gasteiger partial charge in [-0.1, -0.05) is 6.07 Å². The van der Waals surface area contributed by atoms with E-state index in [1.807, 2.05) is 0 Å². The molecule has 0 bridgehead atoms. The Morgan fingerprint density at radius 2 is 2.15 bits per heavy atom. The number of rotatable bonds is 4. The van der Waals surface area contributed by atoms with Crippen molar-refractivity contribution in [3.05, 3.63) is 61.7 Å². The maximum atomic E-state index is 13.6. The highest BCUT2D eigenvalue weighted by Crippen LogP contribution is 2.15. The Balaban J connectivity index is 2.36. The van der Waals surface area contributed by atoms with Crippen LogP contribution in [0.3, 0.4) is 0 Å². The maximum absolute atomic E-state index is 13.6. The molecular formula is C13H11BrF2N2O2. The van der Waals surface area contributed by atoms with Crippen LogP contribution >= 0.6 is 15.9 Å². The Bertz CT molecular complexity index is 689. The monoisotopic (exact) mass is 344 g/mol. The van der Waals surface area contributed by atoms with Gasteiger partial charge < -0.3 is 9.72 Å². The zero-order valence-corrected chi connectivity index (χ0v) is 12.1. The highest BCUT2D eigenvalue weighted by Gasteiger charge is 2.11. The normalized spacial score (nSPS) is 10.8. The van der Waals surface area contributed by atoms with Crippen LogP contribution in [-0.2, 0) is 17.8 Å². The predicted molar refractivity (Wildman–Crippen MR) is 72.4 cm³/mol. The number of H-pyrrole nitrogens is 1. The summed E-state index contributed by atoms with van der Waals surface area (Å²) in [6.07, 6.45) is 0.0609. The molecule has 106 valence electrons. The van der Waals surface area contributed by atoms with Gasteiger partial charge in [-0.3, -0.25) is 4.79 Å². The van der Waals surface area contributed by atoms with Gasteiger partial charge in [0.1, 0.15) is 21.9 Å². The van der Waals surface area contributed by atoms with Crippen molar-refractivity contribution in [2.75, 3.05) is 7.11 Å². The lowest BCUT2D eigenvalue weighted by Crippen LogP contribution is -2.16. The third-order valence-electron chi connectivity index (χ3n) is 2.63. The fraction of sp³-hybridized carbons (Fsp3) is 0.231. The molecule has 0 fully saturated rings. The smallest absolute Gasteiger partial charge is 0.265 e. The molecule has 1 heterocycles. The number of aromatic amines is 1. The minimum Gasteiger partial charge on any atom is -0.378 e. The van der Waals surface area contributed by atoms with Gasteiger partial charge >= 0.3 is 0 Å². The van der Waals surface area contributed by atoms with Crippen LogP contribution in [0, 0.1) is 11.6 Å². The molecule has 1 aromatic carbocycles. The Labute approximate surface area is 121 Å². The van der Waals surface area contributed by atoms with Gasteiger partial charge in [0.15, 0.2) is 0 Å². The third kappa shape index (κ3) is 3.29. The van der Waals surface area contributed by atoms with Crippen LogP contribution in [0.15, 0.2) is 27.5 Å². The highest BCUT2D eigenvalue weighted by atomic mass is 79.9. The van der Waals surface area contributed by atoms with Crippen molar-refractivity contribution in [2.24, 2.45) is 0 Å².